The second-order valence-electron chi connectivity index (χ2n) is 8.95. The average Bonchev–Trinajstić information content (AvgIpc) is 3.49. The van der Waals surface area contributed by atoms with Gasteiger partial charge in [0.2, 0.25) is 17.6 Å². The maximum absolute atomic E-state index is 13.3. The summed E-state index contributed by atoms with van der Waals surface area (Å²) in [4.78, 5) is 48.5. The van der Waals surface area contributed by atoms with Crippen LogP contribution in [0.2, 0.25) is 5.02 Å². The van der Waals surface area contributed by atoms with Crippen molar-refractivity contribution in [2.75, 3.05) is 17.2 Å². The van der Waals surface area contributed by atoms with E-state index in [0.29, 0.717) is 24.3 Å². The lowest BCUT2D eigenvalue weighted by Gasteiger charge is -2.34. The number of nitriles is 1. The Balaban J connectivity index is 1.38. The summed E-state index contributed by atoms with van der Waals surface area (Å²) in [5.74, 6) is -0.923. The third-order valence-corrected chi connectivity index (χ3v) is 6.97. The van der Waals surface area contributed by atoms with E-state index >= 15 is 0 Å². The molecule has 1 saturated heterocycles. The van der Waals surface area contributed by atoms with Crippen molar-refractivity contribution in [3.63, 3.8) is 0 Å². The molecule has 5 rings (SSSR count). The summed E-state index contributed by atoms with van der Waals surface area (Å²) in [7, 11) is 0. The number of hydrogen-bond acceptors (Lipinski definition) is 7. The molecule has 3 aromatic heterocycles. The summed E-state index contributed by atoms with van der Waals surface area (Å²) in [5.41, 5.74) is 0.386. The van der Waals surface area contributed by atoms with Crippen LogP contribution in [-0.4, -0.2) is 45.2 Å². The first-order valence-corrected chi connectivity index (χ1v) is 12.2. The Morgan fingerprint density at radius 3 is 2.61 bits per heavy atom. The molecule has 2 fully saturated rings. The molecular weight excluding hydrogens is 484 g/mol. The number of nitrogens with zero attached hydrogens (tertiary/aromatic N) is 4. The van der Waals surface area contributed by atoms with E-state index in [9.17, 15) is 19.6 Å². The molecule has 1 aliphatic carbocycles. The number of rotatable bonds is 5. The van der Waals surface area contributed by atoms with Gasteiger partial charge in [0.1, 0.15) is 23.2 Å². The Kier molecular flexibility index (Phi) is 6.57. The third kappa shape index (κ3) is 4.62. The number of carbonyl (C=O) groups is 3. The molecule has 0 unspecified atom stereocenters. The van der Waals surface area contributed by atoms with Gasteiger partial charge >= 0.3 is 0 Å². The van der Waals surface area contributed by atoms with Crippen molar-refractivity contribution in [1.29, 1.82) is 5.26 Å². The summed E-state index contributed by atoms with van der Waals surface area (Å²) in [6, 6.07) is 6.80. The molecule has 10 nitrogen and oxygen atoms in total. The maximum Gasteiger partial charge on any atom is 0.294 e. The molecule has 0 aromatic carbocycles. The molecule has 1 saturated carbocycles. The molecule has 184 valence electrons. The number of halogens is 1. The van der Waals surface area contributed by atoms with Gasteiger partial charge in [-0.3, -0.25) is 14.4 Å². The van der Waals surface area contributed by atoms with E-state index in [0.717, 1.165) is 25.8 Å². The van der Waals surface area contributed by atoms with Crippen molar-refractivity contribution >= 4 is 51.8 Å². The first kappa shape index (κ1) is 23.8. The molecule has 0 atom stereocenters. The van der Waals surface area contributed by atoms with E-state index in [1.54, 1.807) is 6.07 Å². The predicted molar refractivity (Wildman–Crippen MR) is 131 cm³/mol. The Morgan fingerprint density at radius 2 is 1.94 bits per heavy atom. The van der Waals surface area contributed by atoms with Crippen LogP contribution in [-0.2, 0) is 9.59 Å². The van der Waals surface area contributed by atoms with E-state index in [4.69, 9.17) is 16.0 Å². The number of amides is 3. The summed E-state index contributed by atoms with van der Waals surface area (Å²) in [5, 5.41) is 15.7. The molecule has 3 amide bonds. The number of pyridine rings is 2. The molecule has 2 aliphatic rings. The largest absolute Gasteiger partial charge is 0.448 e. The molecular formula is C25H23ClN6O4. The number of furan rings is 1. The zero-order valence-electron chi connectivity index (χ0n) is 19.3. The topological polar surface area (TPSA) is 141 Å². The monoisotopic (exact) mass is 506 g/mol. The minimum atomic E-state index is -0.642. The lowest BCUT2D eigenvalue weighted by atomic mass is 9.84. The van der Waals surface area contributed by atoms with Crippen LogP contribution in [0.15, 0.2) is 35.0 Å². The first-order chi connectivity index (χ1) is 17.4. The fraction of sp³-hybridized carbons (Fsp3) is 0.360. The predicted octanol–water partition coefficient (Wildman–Crippen LogP) is 4.12. The Labute approximate surface area is 211 Å². The van der Waals surface area contributed by atoms with Crippen LogP contribution in [0, 0.1) is 17.2 Å². The van der Waals surface area contributed by atoms with Gasteiger partial charge in [-0.05, 0) is 50.3 Å². The highest BCUT2D eigenvalue weighted by molar-refractivity contribution is 6.30. The third-order valence-electron chi connectivity index (χ3n) is 6.75. The van der Waals surface area contributed by atoms with Gasteiger partial charge in [-0.15, -0.1) is 0 Å². The first-order valence-electron chi connectivity index (χ1n) is 11.8. The van der Waals surface area contributed by atoms with Crippen LogP contribution in [0.4, 0.5) is 11.5 Å². The van der Waals surface area contributed by atoms with E-state index in [1.807, 2.05) is 11.0 Å². The highest BCUT2D eigenvalue weighted by Gasteiger charge is 2.34. The molecule has 0 radical (unpaired) electrons. The van der Waals surface area contributed by atoms with Gasteiger partial charge in [0.15, 0.2) is 5.69 Å². The normalized spacial score (nSPS) is 19.8. The zero-order chi connectivity index (χ0) is 25.2. The van der Waals surface area contributed by atoms with Gasteiger partial charge in [-0.2, -0.15) is 5.26 Å². The maximum atomic E-state index is 13.3. The summed E-state index contributed by atoms with van der Waals surface area (Å²) in [6.45, 7) is 0.784. The van der Waals surface area contributed by atoms with Gasteiger partial charge in [-0.25, -0.2) is 9.97 Å². The molecule has 3 aromatic rings. The number of anilines is 2. The lowest BCUT2D eigenvalue weighted by molar-refractivity contribution is -0.130. The number of fused-ring (bicyclic) bond motifs is 1. The SMILES string of the molecule is N#Cc1nccc2oc(C(=O)Nc3ccc(Cl)cn3)c(NC(=O)C3CCC(N4CCCC4=O)CC3)c12. The molecule has 36 heavy (non-hydrogen) atoms. The minimum Gasteiger partial charge on any atom is -0.448 e. The number of hydrogen-bond donors (Lipinski definition) is 2. The van der Waals surface area contributed by atoms with Gasteiger partial charge in [0.05, 0.1) is 10.4 Å². The number of carbonyl (C=O) groups excluding carboxylic acids is 3. The van der Waals surface area contributed by atoms with Crippen molar-refractivity contribution < 1.29 is 18.8 Å². The van der Waals surface area contributed by atoms with Crippen molar-refractivity contribution in [2.45, 2.75) is 44.6 Å². The van der Waals surface area contributed by atoms with Gasteiger partial charge in [0, 0.05) is 37.3 Å². The van der Waals surface area contributed by atoms with Crippen molar-refractivity contribution in [3.8, 4) is 6.07 Å². The molecule has 4 heterocycles. The van der Waals surface area contributed by atoms with Crippen LogP contribution in [0.1, 0.15) is 54.8 Å². The number of aromatic nitrogens is 2. The zero-order valence-corrected chi connectivity index (χ0v) is 20.0. The molecule has 0 spiro atoms. The highest BCUT2D eigenvalue weighted by atomic mass is 35.5. The van der Waals surface area contributed by atoms with Gasteiger partial charge in [0.25, 0.3) is 5.91 Å². The Morgan fingerprint density at radius 1 is 1.14 bits per heavy atom. The van der Waals surface area contributed by atoms with Gasteiger partial charge in [-0.1, -0.05) is 11.6 Å². The summed E-state index contributed by atoms with van der Waals surface area (Å²) in [6.07, 6.45) is 7.01. The van der Waals surface area contributed by atoms with Gasteiger partial charge < -0.3 is 20.0 Å². The molecule has 0 bridgehead atoms. The summed E-state index contributed by atoms with van der Waals surface area (Å²) < 4.78 is 5.77. The van der Waals surface area contributed by atoms with Crippen LogP contribution in [0.25, 0.3) is 11.0 Å². The van der Waals surface area contributed by atoms with Crippen molar-refractivity contribution in [2.24, 2.45) is 5.92 Å². The van der Waals surface area contributed by atoms with E-state index in [-0.39, 0.29) is 57.7 Å². The van der Waals surface area contributed by atoms with Crippen LogP contribution >= 0.6 is 11.6 Å². The van der Waals surface area contributed by atoms with Crippen molar-refractivity contribution in [3.05, 3.63) is 47.1 Å². The van der Waals surface area contributed by atoms with Crippen LogP contribution in [0.3, 0.4) is 0 Å². The smallest absolute Gasteiger partial charge is 0.294 e. The Hall–Kier alpha value is -3.97. The lowest BCUT2D eigenvalue weighted by Crippen LogP contribution is -2.40. The second-order valence-corrected chi connectivity index (χ2v) is 9.39. The standard InChI is InChI=1S/C25H23ClN6O4/c26-15-5-8-19(29-13-15)30-25(35)23-22(21-17(12-27)28-10-9-18(21)36-23)31-24(34)14-3-6-16(7-4-14)32-11-1-2-20(32)33/h5,8-10,13-14,16H,1-4,6-7,11H2,(H,31,34)(H,29,30,35). The number of nitrogens with one attached hydrogen (secondary N) is 2. The quantitative estimate of drug-likeness (QED) is 0.530. The number of likely N-dealkylation sites (tertiary alicyclic amines) is 1. The van der Waals surface area contributed by atoms with E-state index in [1.165, 1.54) is 24.5 Å². The molecule has 11 heteroatoms. The van der Waals surface area contributed by atoms with E-state index < -0.39 is 5.91 Å². The Bertz CT molecular complexity index is 1370. The van der Waals surface area contributed by atoms with Crippen molar-refractivity contribution in [1.82, 2.24) is 14.9 Å². The molecule has 2 N–H and O–H groups in total. The molecule has 1 aliphatic heterocycles. The second kappa shape index (κ2) is 9.95. The summed E-state index contributed by atoms with van der Waals surface area (Å²) >= 11 is 5.86. The highest BCUT2D eigenvalue weighted by Crippen LogP contribution is 2.35. The average molecular weight is 507 g/mol. The van der Waals surface area contributed by atoms with Crippen LogP contribution in [0.5, 0.6) is 0 Å². The fourth-order valence-corrected chi connectivity index (χ4v) is 5.07. The van der Waals surface area contributed by atoms with Crippen LogP contribution < -0.4 is 10.6 Å². The van der Waals surface area contributed by atoms with E-state index in [2.05, 4.69) is 20.6 Å². The fourth-order valence-electron chi connectivity index (χ4n) is 4.96. The minimum absolute atomic E-state index is 0.0338.